The monoisotopic (exact) mass is 335 g/mol. The molecule has 136 valence electrons. The number of nitrogens with one attached hydrogen (secondary N) is 1. The molecule has 1 N–H and O–H groups in total. The maximum Gasteiger partial charge on any atom is 0.128 e. The van der Waals surface area contributed by atoms with Crippen LogP contribution in [-0.4, -0.2) is 49.4 Å². The molecule has 2 aliphatic rings. The molecule has 24 heavy (non-hydrogen) atoms. The van der Waals surface area contributed by atoms with Crippen LogP contribution in [0.15, 0.2) is 10.8 Å². The van der Waals surface area contributed by atoms with Crippen molar-refractivity contribution in [3.05, 3.63) is 17.5 Å². The minimum atomic E-state index is 0.132. The van der Waals surface area contributed by atoms with Crippen molar-refractivity contribution in [2.45, 2.75) is 64.0 Å². The van der Waals surface area contributed by atoms with Gasteiger partial charge >= 0.3 is 0 Å². The Hall–Kier alpha value is -0.910. The van der Waals surface area contributed by atoms with E-state index in [4.69, 9.17) is 9.26 Å². The number of rotatable bonds is 6. The van der Waals surface area contributed by atoms with Crippen molar-refractivity contribution >= 4 is 0 Å². The largest absolute Gasteiger partial charge is 0.374 e. The number of nitrogens with zero attached hydrogens (tertiary/aromatic N) is 2. The molecule has 1 aromatic rings. The van der Waals surface area contributed by atoms with Gasteiger partial charge in [0.05, 0.1) is 17.9 Å². The fourth-order valence-electron chi connectivity index (χ4n) is 4.45. The SMILES string of the molecule is CNCCN(C)Cc1conc1[C@H]1CC[C@]2(CC1)CC(C)(C)CO2. The molecule has 2 fully saturated rings. The van der Waals surface area contributed by atoms with Crippen LogP contribution in [0.25, 0.3) is 0 Å². The smallest absolute Gasteiger partial charge is 0.128 e. The van der Waals surface area contributed by atoms with Gasteiger partial charge in [0, 0.05) is 31.1 Å². The lowest BCUT2D eigenvalue weighted by Crippen LogP contribution is -2.34. The van der Waals surface area contributed by atoms with E-state index < -0.39 is 0 Å². The van der Waals surface area contributed by atoms with Crippen LogP contribution in [0.4, 0.5) is 0 Å². The second-order valence-electron chi connectivity index (χ2n) is 8.65. The fraction of sp³-hybridized carbons (Fsp3) is 0.842. The van der Waals surface area contributed by atoms with Crippen LogP contribution in [0.1, 0.15) is 63.1 Å². The number of hydrogen-bond donors (Lipinski definition) is 1. The Morgan fingerprint density at radius 1 is 1.33 bits per heavy atom. The van der Waals surface area contributed by atoms with Crippen LogP contribution in [0.5, 0.6) is 0 Å². The highest BCUT2D eigenvalue weighted by atomic mass is 16.5. The van der Waals surface area contributed by atoms with E-state index in [2.05, 4.69) is 36.3 Å². The minimum Gasteiger partial charge on any atom is -0.374 e. The van der Waals surface area contributed by atoms with Gasteiger partial charge in [-0.05, 0) is 51.6 Å². The first-order chi connectivity index (χ1) is 11.4. The maximum atomic E-state index is 6.24. The van der Waals surface area contributed by atoms with Gasteiger partial charge in [0.15, 0.2) is 0 Å². The van der Waals surface area contributed by atoms with Crippen molar-refractivity contribution in [1.29, 1.82) is 0 Å². The summed E-state index contributed by atoms with van der Waals surface area (Å²) in [4.78, 5) is 2.32. The molecule has 5 heteroatoms. The second-order valence-corrected chi connectivity index (χ2v) is 8.65. The van der Waals surface area contributed by atoms with Gasteiger partial charge in [0.1, 0.15) is 6.26 Å². The quantitative estimate of drug-likeness (QED) is 0.865. The Labute approximate surface area is 146 Å². The summed E-state index contributed by atoms with van der Waals surface area (Å²) in [6, 6.07) is 0. The molecule has 1 aromatic heterocycles. The van der Waals surface area contributed by atoms with Crippen LogP contribution in [-0.2, 0) is 11.3 Å². The van der Waals surface area contributed by atoms with Crippen LogP contribution in [0.3, 0.4) is 0 Å². The molecule has 5 nitrogen and oxygen atoms in total. The Morgan fingerprint density at radius 3 is 2.71 bits per heavy atom. The normalized spacial score (nSPS) is 29.6. The van der Waals surface area contributed by atoms with Crippen molar-refractivity contribution < 1.29 is 9.26 Å². The summed E-state index contributed by atoms with van der Waals surface area (Å²) in [7, 11) is 4.14. The molecule has 0 bridgehead atoms. The van der Waals surface area contributed by atoms with Crippen molar-refractivity contribution in [2.75, 3.05) is 33.8 Å². The Balaban J connectivity index is 1.58. The summed E-state index contributed by atoms with van der Waals surface area (Å²) in [5.74, 6) is 0.523. The summed E-state index contributed by atoms with van der Waals surface area (Å²) < 4.78 is 11.6. The van der Waals surface area contributed by atoms with Gasteiger partial charge in [-0.1, -0.05) is 19.0 Å². The molecular weight excluding hydrogens is 302 g/mol. The van der Waals surface area contributed by atoms with E-state index in [9.17, 15) is 0 Å². The van der Waals surface area contributed by atoms with E-state index in [1.807, 2.05) is 13.3 Å². The zero-order chi connectivity index (χ0) is 17.2. The summed E-state index contributed by atoms with van der Waals surface area (Å²) in [6.45, 7) is 8.48. The van der Waals surface area contributed by atoms with E-state index in [-0.39, 0.29) is 5.60 Å². The topological polar surface area (TPSA) is 50.5 Å². The highest BCUT2D eigenvalue weighted by Crippen LogP contribution is 2.49. The third kappa shape index (κ3) is 4.01. The van der Waals surface area contributed by atoms with Crippen molar-refractivity contribution in [1.82, 2.24) is 15.4 Å². The lowest BCUT2D eigenvalue weighted by Gasteiger charge is -2.36. The molecule has 2 heterocycles. The van der Waals surface area contributed by atoms with Gasteiger partial charge in [0.25, 0.3) is 0 Å². The maximum absolute atomic E-state index is 6.24. The second kappa shape index (κ2) is 7.14. The number of ether oxygens (including phenoxy) is 1. The minimum absolute atomic E-state index is 0.132. The van der Waals surface area contributed by atoms with Crippen molar-refractivity contribution in [3.8, 4) is 0 Å². The third-order valence-corrected chi connectivity index (χ3v) is 5.71. The molecule has 1 saturated carbocycles. The first kappa shape index (κ1) is 17.9. The molecule has 3 rings (SSSR count). The highest BCUT2D eigenvalue weighted by Gasteiger charge is 2.46. The Bertz CT molecular complexity index is 532. The fourth-order valence-corrected chi connectivity index (χ4v) is 4.45. The highest BCUT2D eigenvalue weighted by molar-refractivity contribution is 5.20. The van der Waals surface area contributed by atoms with Crippen molar-refractivity contribution in [3.63, 3.8) is 0 Å². The van der Waals surface area contributed by atoms with Gasteiger partial charge in [-0.25, -0.2) is 0 Å². The average molecular weight is 335 g/mol. The molecule has 1 spiro atoms. The molecule has 0 aromatic carbocycles. The lowest BCUT2D eigenvalue weighted by molar-refractivity contribution is -0.0297. The first-order valence-electron chi connectivity index (χ1n) is 9.33. The summed E-state index contributed by atoms with van der Waals surface area (Å²) >= 11 is 0. The molecule has 1 saturated heterocycles. The Morgan fingerprint density at radius 2 is 2.08 bits per heavy atom. The average Bonchev–Trinajstić information content (AvgIpc) is 3.11. The summed E-state index contributed by atoms with van der Waals surface area (Å²) in [5, 5.41) is 7.55. The van der Waals surface area contributed by atoms with Gasteiger partial charge in [-0.15, -0.1) is 0 Å². The van der Waals surface area contributed by atoms with Crippen molar-refractivity contribution in [2.24, 2.45) is 5.41 Å². The molecule has 1 aliphatic heterocycles. The molecule has 0 atom stereocenters. The molecule has 0 unspecified atom stereocenters. The summed E-state index contributed by atoms with van der Waals surface area (Å²) in [5.41, 5.74) is 2.90. The zero-order valence-electron chi connectivity index (χ0n) is 15.7. The standard InChI is InChI=1S/C19H33N3O2/c1-18(2)13-19(23-14-18)7-5-15(6-8-19)17-16(12-24-21-17)11-22(4)10-9-20-3/h12,15,20H,5-11,13-14H2,1-4H3/t15-,19-. The van der Waals surface area contributed by atoms with Crippen LogP contribution >= 0.6 is 0 Å². The number of hydrogen-bond acceptors (Lipinski definition) is 5. The predicted molar refractivity (Wildman–Crippen MR) is 95.1 cm³/mol. The van der Waals surface area contributed by atoms with Gasteiger partial charge < -0.3 is 19.5 Å². The van der Waals surface area contributed by atoms with Gasteiger partial charge in [0.2, 0.25) is 0 Å². The van der Waals surface area contributed by atoms with E-state index in [0.29, 0.717) is 11.3 Å². The molecule has 0 amide bonds. The van der Waals surface area contributed by atoms with Gasteiger partial charge in [-0.3, -0.25) is 0 Å². The number of likely N-dealkylation sites (N-methyl/N-ethyl adjacent to an activating group) is 2. The zero-order valence-corrected chi connectivity index (χ0v) is 15.7. The van der Waals surface area contributed by atoms with Crippen LogP contribution in [0.2, 0.25) is 0 Å². The summed E-state index contributed by atoms with van der Waals surface area (Å²) in [6.07, 6.45) is 7.67. The predicted octanol–water partition coefficient (Wildman–Crippen LogP) is 3.17. The lowest BCUT2D eigenvalue weighted by atomic mass is 9.72. The van der Waals surface area contributed by atoms with E-state index in [1.54, 1.807) is 0 Å². The van der Waals surface area contributed by atoms with Gasteiger partial charge in [-0.2, -0.15) is 0 Å². The van der Waals surface area contributed by atoms with E-state index >= 15 is 0 Å². The molecule has 0 radical (unpaired) electrons. The van der Waals surface area contributed by atoms with Crippen LogP contribution in [0, 0.1) is 5.41 Å². The Kier molecular flexibility index (Phi) is 5.33. The molecular formula is C19H33N3O2. The molecule has 1 aliphatic carbocycles. The first-order valence-corrected chi connectivity index (χ1v) is 9.33. The van der Waals surface area contributed by atoms with E-state index in [0.717, 1.165) is 51.9 Å². The van der Waals surface area contributed by atoms with E-state index in [1.165, 1.54) is 17.7 Å². The van der Waals surface area contributed by atoms with Crippen LogP contribution < -0.4 is 5.32 Å². The third-order valence-electron chi connectivity index (χ3n) is 5.71. The number of aromatic nitrogens is 1.